The van der Waals surface area contributed by atoms with Gasteiger partial charge in [-0.05, 0) is 31.9 Å². The first kappa shape index (κ1) is 14.1. The Morgan fingerprint density at radius 2 is 1.89 bits per heavy atom. The summed E-state index contributed by atoms with van der Waals surface area (Å²) in [5, 5.41) is 0. The smallest absolute Gasteiger partial charge is 0.219 e. The lowest BCUT2D eigenvalue weighted by molar-refractivity contribution is -0.130. The van der Waals surface area contributed by atoms with Crippen LogP contribution in [-0.4, -0.2) is 48.4 Å². The van der Waals surface area contributed by atoms with Crippen molar-refractivity contribution >= 4 is 5.91 Å². The predicted octanol–water partition coefficient (Wildman–Crippen LogP) is 2.17. The Bertz CT molecular complexity index is 396. The zero-order valence-electron chi connectivity index (χ0n) is 12.0. The number of piperidine rings is 1. The van der Waals surface area contributed by atoms with Gasteiger partial charge in [-0.2, -0.15) is 0 Å². The van der Waals surface area contributed by atoms with Crippen LogP contribution in [0.3, 0.4) is 0 Å². The van der Waals surface area contributed by atoms with Gasteiger partial charge in [0.25, 0.3) is 0 Å². The third-order valence-corrected chi connectivity index (χ3v) is 4.13. The van der Waals surface area contributed by atoms with Crippen molar-refractivity contribution in [2.24, 2.45) is 0 Å². The van der Waals surface area contributed by atoms with Crippen LogP contribution >= 0.6 is 0 Å². The average molecular weight is 260 g/mol. The van der Waals surface area contributed by atoms with Gasteiger partial charge in [-0.1, -0.05) is 30.3 Å². The van der Waals surface area contributed by atoms with Gasteiger partial charge in [0.05, 0.1) is 0 Å². The predicted molar refractivity (Wildman–Crippen MR) is 78.1 cm³/mol. The van der Waals surface area contributed by atoms with Crippen molar-refractivity contribution in [2.75, 3.05) is 26.7 Å². The molecule has 1 aliphatic heterocycles. The van der Waals surface area contributed by atoms with Crippen molar-refractivity contribution in [2.45, 2.75) is 32.2 Å². The second-order valence-electron chi connectivity index (χ2n) is 5.45. The summed E-state index contributed by atoms with van der Waals surface area (Å²) in [5.74, 6) is 0.213. The summed E-state index contributed by atoms with van der Waals surface area (Å²) in [4.78, 5) is 15.7. The van der Waals surface area contributed by atoms with Crippen LogP contribution in [0.2, 0.25) is 0 Å². The fourth-order valence-electron chi connectivity index (χ4n) is 2.75. The summed E-state index contributed by atoms with van der Waals surface area (Å²) in [6.07, 6.45) is 3.31. The maximum absolute atomic E-state index is 11.3. The molecule has 3 nitrogen and oxygen atoms in total. The molecule has 1 fully saturated rings. The molecule has 1 aromatic rings. The molecule has 1 amide bonds. The first-order chi connectivity index (χ1) is 9.16. The molecule has 1 saturated heterocycles. The largest absolute Gasteiger partial charge is 0.343 e. The Morgan fingerprint density at radius 1 is 1.26 bits per heavy atom. The highest BCUT2D eigenvalue weighted by molar-refractivity contribution is 5.73. The van der Waals surface area contributed by atoms with E-state index in [4.69, 9.17) is 0 Å². The van der Waals surface area contributed by atoms with Crippen molar-refractivity contribution in [3.05, 3.63) is 35.9 Å². The number of benzene rings is 1. The van der Waals surface area contributed by atoms with E-state index in [0.717, 1.165) is 38.9 Å². The zero-order chi connectivity index (χ0) is 13.7. The van der Waals surface area contributed by atoms with Gasteiger partial charge in [0, 0.05) is 32.6 Å². The number of hydrogen-bond acceptors (Lipinski definition) is 2. The highest BCUT2D eigenvalue weighted by atomic mass is 16.2. The van der Waals surface area contributed by atoms with E-state index >= 15 is 0 Å². The van der Waals surface area contributed by atoms with Crippen molar-refractivity contribution in [1.82, 2.24) is 9.80 Å². The lowest BCUT2D eigenvalue weighted by atomic mass is 10.0. The van der Waals surface area contributed by atoms with E-state index < -0.39 is 0 Å². The van der Waals surface area contributed by atoms with Gasteiger partial charge < -0.3 is 9.80 Å². The van der Waals surface area contributed by atoms with Crippen LogP contribution in [0, 0.1) is 0 Å². The van der Waals surface area contributed by atoms with Crippen molar-refractivity contribution in [1.29, 1.82) is 0 Å². The van der Waals surface area contributed by atoms with Gasteiger partial charge in [0.1, 0.15) is 0 Å². The second kappa shape index (κ2) is 6.71. The van der Waals surface area contributed by atoms with E-state index in [1.165, 1.54) is 5.56 Å². The number of likely N-dealkylation sites (N-methyl/N-ethyl adjacent to an activating group) is 1. The minimum absolute atomic E-state index is 0.213. The summed E-state index contributed by atoms with van der Waals surface area (Å²) < 4.78 is 0. The summed E-state index contributed by atoms with van der Waals surface area (Å²) in [5.41, 5.74) is 1.40. The monoisotopic (exact) mass is 260 g/mol. The van der Waals surface area contributed by atoms with Crippen LogP contribution in [-0.2, 0) is 11.2 Å². The first-order valence-corrected chi connectivity index (χ1v) is 7.16. The van der Waals surface area contributed by atoms with Crippen LogP contribution < -0.4 is 0 Å². The molecule has 0 aliphatic carbocycles. The van der Waals surface area contributed by atoms with Gasteiger partial charge in [-0.15, -0.1) is 0 Å². The molecule has 2 rings (SSSR count). The van der Waals surface area contributed by atoms with E-state index in [1.54, 1.807) is 6.92 Å². The fraction of sp³-hybridized carbons (Fsp3) is 0.562. The third-order valence-electron chi connectivity index (χ3n) is 4.13. The van der Waals surface area contributed by atoms with Crippen LogP contribution in [0.1, 0.15) is 25.3 Å². The number of rotatable bonds is 4. The maximum atomic E-state index is 11.3. The Hall–Kier alpha value is -1.35. The lowest BCUT2D eigenvalue weighted by Crippen LogP contribution is -2.45. The van der Waals surface area contributed by atoms with E-state index in [1.807, 2.05) is 4.90 Å². The van der Waals surface area contributed by atoms with E-state index in [9.17, 15) is 4.79 Å². The Kier molecular flexibility index (Phi) is 4.97. The third kappa shape index (κ3) is 4.06. The lowest BCUT2D eigenvalue weighted by Gasteiger charge is -2.36. The molecule has 0 N–H and O–H groups in total. The zero-order valence-corrected chi connectivity index (χ0v) is 12.0. The molecule has 19 heavy (non-hydrogen) atoms. The number of amides is 1. The van der Waals surface area contributed by atoms with Gasteiger partial charge in [-0.3, -0.25) is 4.79 Å². The molecule has 0 unspecified atom stereocenters. The van der Waals surface area contributed by atoms with Crippen LogP contribution in [0.5, 0.6) is 0 Å². The quantitative estimate of drug-likeness (QED) is 0.828. The first-order valence-electron chi connectivity index (χ1n) is 7.16. The highest BCUT2D eigenvalue weighted by Gasteiger charge is 2.23. The van der Waals surface area contributed by atoms with Crippen molar-refractivity contribution < 1.29 is 4.79 Å². The highest BCUT2D eigenvalue weighted by Crippen LogP contribution is 2.16. The van der Waals surface area contributed by atoms with E-state index in [0.29, 0.717) is 6.04 Å². The van der Waals surface area contributed by atoms with Crippen molar-refractivity contribution in [3.63, 3.8) is 0 Å². The molecule has 104 valence electrons. The molecule has 0 radical (unpaired) electrons. The van der Waals surface area contributed by atoms with Crippen LogP contribution in [0.25, 0.3) is 0 Å². The topological polar surface area (TPSA) is 23.6 Å². The summed E-state index contributed by atoms with van der Waals surface area (Å²) in [7, 11) is 2.21. The minimum atomic E-state index is 0.213. The van der Waals surface area contributed by atoms with Gasteiger partial charge in [0.15, 0.2) is 0 Å². The standard InChI is InChI=1S/C16H24N2O/c1-14(19)18-12-9-16(10-13-18)17(2)11-8-15-6-4-3-5-7-15/h3-7,16H,8-13H2,1-2H3. The summed E-state index contributed by atoms with van der Waals surface area (Å²) in [6.45, 7) is 4.58. The van der Waals surface area contributed by atoms with Gasteiger partial charge in [-0.25, -0.2) is 0 Å². The van der Waals surface area contributed by atoms with Crippen molar-refractivity contribution in [3.8, 4) is 0 Å². The number of carbonyl (C=O) groups is 1. The molecule has 1 aromatic carbocycles. The fourth-order valence-corrected chi connectivity index (χ4v) is 2.75. The Balaban J connectivity index is 1.75. The van der Waals surface area contributed by atoms with Crippen LogP contribution in [0.15, 0.2) is 30.3 Å². The summed E-state index contributed by atoms with van der Waals surface area (Å²) >= 11 is 0. The SMILES string of the molecule is CC(=O)N1CCC(N(C)CCc2ccccc2)CC1. The molecule has 1 heterocycles. The average Bonchev–Trinajstić information content (AvgIpc) is 2.46. The molecule has 0 saturated carbocycles. The molecule has 0 atom stereocenters. The summed E-state index contributed by atoms with van der Waals surface area (Å²) in [6, 6.07) is 11.3. The van der Waals surface area contributed by atoms with Gasteiger partial charge in [0.2, 0.25) is 5.91 Å². The molecule has 0 spiro atoms. The van der Waals surface area contributed by atoms with E-state index in [2.05, 4.69) is 42.3 Å². The Labute approximate surface area is 116 Å². The second-order valence-corrected chi connectivity index (χ2v) is 5.45. The molecular weight excluding hydrogens is 236 g/mol. The van der Waals surface area contributed by atoms with E-state index in [-0.39, 0.29) is 5.91 Å². The number of carbonyl (C=O) groups excluding carboxylic acids is 1. The Morgan fingerprint density at radius 3 is 2.47 bits per heavy atom. The molecule has 3 heteroatoms. The molecule has 0 aromatic heterocycles. The van der Waals surface area contributed by atoms with Gasteiger partial charge >= 0.3 is 0 Å². The maximum Gasteiger partial charge on any atom is 0.219 e. The molecule has 1 aliphatic rings. The minimum Gasteiger partial charge on any atom is -0.343 e. The van der Waals surface area contributed by atoms with Crippen LogP contribution in [0.4, 0.5) is 0 Å². The number of hydrogen-bond donors (Lipinski definition) is 0. The molecular formula is C16H24N2O. The number of likely N-dealkylation sites (tertiary alicyclic amines) is 1. The normalized spacial score (nSPS) is 16.9. The molecule has 0 bridgehead atoms. The number of nitrogens with zero attached hydrogens (tertiary/aromatic N) is 2.